The molecule has 0 spiro atoms. The molecule has 88 valence electrons. The van der Waals surface area contributed by atoms with Gasteiger partial charge in [-0.3, -0.25) is 0 Å². The minimum Gasteiger partial charge on any atom is -0.508 e. The highest BCUT2D eigenvalue weighted by Gasteiger charge is 2.06. The van der Waals surface area contributed by atoms with Gasteiger partial charge in [-0.1, -0.05) is 18.2 Å². The summed E-state index contributed by atoms with van der Waals surface area (Å²) in [5.74, 6) is -0.0938. The van der Waals surface area contributed by atoms with E-state index in [9.17, 15) is 9.50 Å². The Hall–Kier alpha value is -1.87. The van der Waals surface area contributed by atoms with Crippen LogP contribution >= 0.6 is 0 Å². The summed E-state index contributed by atoms with van der Waals surface area (Å²) in [6.45, 7) is 0.542. The van der Waals surface area contributed by atoms with Crippen LogP contribution in [0.2, 0.25) is 0 Å². The maximum Gasteiger partial charge on any atom is 0.131 e. The van der Waals surface area contributed by atoms with Crippen molar-refractivity contribution in [2.45, 2.75) is 6.42 Å². The standard InChI is InChI=1S/C14H14FNO/c15-14-6-1-10(7-8-16)9-13(14)11-2-4-12(17)5-3-11/h1-6,9,17H,7-8,16H2. The first-order valence-corrected chi connectivity index (χ1v) is 5.48. The summed E-state index contributed by atoms with van der Waals surface area (Å²) in [6.07, 6.45) is 0.728. The van der Waals surface area contributed by atoms with E-state index in [1.807, 2.05) is 0 Å². The van der Waals surface area contributed by atoms with Crippen molar-refractivity contribution in [3.8, 4) is 16.9 Å². The zero-order valence-electron chi connectivity index (χ0n) is 9.36. The van der Waals surface area contributed by atoms with Crippen LogP contribution < -0.4 is 5.73 Å². The van der Waals surface area contributed by atoms with Gasteiger partial charge in [-0.2, -0.15) is 0 Å². The van der Waals surface area contributed by atoms with E-state index in [-0.39, 0.29) is 11.6 Å². The molecule has 0 unspecified atom stereocenters. The zero-order valence-corrected chi connectivity index (χ0v) is 9.36. The fourth-order valence-corrected chi connectivity index (χ4v) is 1.76. The van der Waals surface area contributed by atoms with Crippen molar-refractivity contribution in [3.05, 3.63) is 53.8 Å². The highest BCUT2D eigenvalue weighted by molar-refractivity contribution is 5.65. The van der Waals surface area contributed by atoms with Crippen LogP contribution in [0.3, 0.4) is 0 Å². The van der Waals surface area contributed by atoms with Crippen molar-refractivity contribution >= 4 is 0 Å². The van der Waals surface area contributed by atoms with E-state index < -0.39 is 0 Å². The van der Waals surface area contributed by atoms with Crippen molar-refractivity contribution in [2.24, 2.45) is 5.73 Å². The third-order valence-electron chi connectivity index (χ3n) is 2.64. The molecule has 0 aliphatic carbocycles. The molecule has 0 saturated heterocycles. The highest BCUT2D eigenvalue weighted by Crippen LogP contribution is 2.25. The highest BCUT2D eigenvalue weighted by atomic mass is 19.1. The molecule has 0 aliphatic rings. The molecule has 0 atom stereocenters. The second kappa shape index (κ2) is 4.97. The summed E-state index contributed by atoms with van der Waals surface area (Å²) in [5, 5.41) is 9.20. The van der Waals surface area contributed by atoms with Gasteiger partial charge in [-0.25, -0.2) is 4.39 Å². The van der Waals surface area contributed by atoms with Crippen LogP contribution in [0.4, 0.5) is 4.39 Å². The molecule has 0 bridgehead atoms. The van der Waals surface area contributed by atoms with Crippen molar-refractivity contribution in [2.75, 3.05) is 6.54 Å². The Morgan fingerprint density at radius 2 is 1.76 bits per heavy atom. The Morgan fingerprint density at radius 1 is 1.06 bits per heavy atom. The number of nitrogens with two attached hydrogens (primary N) is 1. The van der Waals surface area contributed by atoms with Crippen molar-refractivity contribution in [1.29, 1.82) is 0 Å². The first-order chi connectivity index (χ1) is 8.20. The summed E-state index contributed by atoms with van der Waals surface area (Å²) < 4.78 is 13.7. The lowest BCUT2D eigenvalue weighted by Crippen LogP contribution is -2.03. The number of halogens is 1. The van der Waals surface area contributed by atoms with Gasteiger partial charge in [0.1, 0.15) is 11.6 Å². The summed E-state index contributed by atoms with van der Waals surface area (Å²) in [5.41, 5.74) is 7.78. The Bertz CT molecular complexity index is 508. The number of benzene rings is 2. The second-order valence-corrected chi connectivity index (χ2v) is 3.90. The van der Waals surface area contributed by atoms with E-state index in [1.54, 1.807) is 36.4 Å². The minimum absolute atomic E-state index is 0.173. The molecule has 3 N–H and O–H groups in total. The normalized spacial score (nSPS) is 10.5. The van der Waals surface area contributed by atoms with E-state index in [1.165, 1.54) is 6.07 Å². The summed E-state index contributed by atoms with van der Waals surface area (Å²) in [4.78, 5) is 0. The number of rotatable bonds is 3. The fourth-order valence-electron chi connectivity index (χ4n) is 1.76. The molecule has 2 aromatic carbocycles. The van der Waals surface area contributed by atoms with Crippen LogP contribution in [0.25, 0.3) is 11.1 Å². The van der Waals surface area contributed by atoms with Crippen molar-refractivity contribution < 1.29 is 9.50 Å². The third kappa shape index (κ3) is 2.63. The van der Waals surface area contributed by atoms with Gasteiger partial charge in [-0.15, -0.1) is 0 Å². The fraction of sp³-hybridized carbons (Fsp3) is 0.143. The zero-order chi connectivity index (χ0) is 12.3. The first kappa shape index (κ1) is 11.6. The molecular weight excluding hydrogens is 217 g/mol. The van der Waals surface area contributed by atoms with Crippen LogP contribution in [-0.2, 0) is 6.42 Å². The lowest BCUT2D eigenvalue weighted by atomic mass is 10.0. The minimum atomic E-state index is -0.267. The van der Waals surface area contributed by atoms with Crippen LogP contribution in [0.1, 0.15) is 5.56 Å². The van der Waals surface area contributed by atoms with Crippen LogP contribution in [0.5, 0.6) is 5.75 Å². The Balaban J connectivity index is 2.42. The molecule has 0 saturated carbocycles. The van der Waals surface area contributed by atoms with E-state index in [0.29, 0.717) is 12.1 Å². The van der Waals surface area contributed by atoms with Gasteiger partial charge in [0.05, 0.1) is 0 Å². The van der Waals surface area contributed by atoms with Gasteiger partial charge in [-0.05, 0) is 48.4 Å². The summed E-state index contributed by atoms with van der Waals surface area (Å²) in [7, 11) is 0. The SMILES string of the molecule is NCCc1ccc(F)c(-c2ccc(O)cc2)c1. The molecule has 17 heavy (non-hydrogen) atoms. The topological polar surface area (TPSA) is 46.2 Å². The molecule has 0 fully saturated rings. The van der Waals surface area contributed by atoms with Gasteiger partial charge in [0, 0.05) is 5.56 Å². The maximum atomic E-state index is 13.7. The molecular formula is C14H14FNO. The molecule has 2 nitrogen and oxygen atoms in total. The first-order valence-electron chi connectivity index (χ1n) is 5.48. The van der Waals surface area contributed by atoms with Gasteiger partial charge >= 0.3 is 0 Å². The van der Waals surface area contributed by atoms with Gasteiger partial charge in [0.15, 0.2) is 0 Å². The van der Waals surface area contributed by atoms with Crippen LogP contribution in [0.15, 0.2) is 42.5 Å². The van der Waals surface area contributed by atoms with Gasteiger partial charge < -0.3 is 10.8 Å². The molecule has 0 radical (unpaired) electrons. The molecule has 2 aromatic rings. The Morgan fingerprint density at radius 3 is 2.41 bits per heavy atom. The molecule has 0 aliphatic heterocycles. The monoisotopic (exact) mass is 231 g/mol. The molecule has 3 heteroatoms. The number of hydrogen-bond acceptors (Lipinski definition) is 2. The quantitative estimate of drug-likeness (QED) is 0.853. The van der Waals surface area contributed by atoms with E-state index in [0.717, 1.165) is 17.5 Å². The molecule has 0 aromatic heterocycles. The number of phenols is 1. The lowest BCUT2D eigenvalue weighted by molar-refractivity contribution is 0.475. The Labute approximate surface area is 99.5 Å². The predicted molar refractivity (Wildman–Crippen MR) is 66.3 cm³/mol. The number of phenolic OH excluding ortho intramolecular Hbond substituents is 1. The van der Waals surface area contributed by atoms with E-state index in [4.69, 9.17) is 5.73 Å². The Kier molecular flexibility index (Phi) is 3.40. The largest absolute Gasteiger partial charge is 0.508 e. The van der Waals surface area contributed by atoms with Crippen molar-refractivity contribution in [1.82, 2.24) is 0 Å². The maximum absolute atomic E-state index is 13.7. The van der Waals surface area contributed by atoms with E-state index >= 15 is 0 Å². The van der Waals surface area contributed by atoms with Crippen LogP contribution in [0, 0.1) is 5.82 Å². The van der Waals surface area contributed by atoms with Crippen molar-refractivity contribution in [3.63, 3.8) is 0 Å². The molecule has 0 heterocycles. The smallest absolute Gasteiger partial charge is 0.131 e. The predicted octanol–water partition coefficient (Wildman–Crippen LogP) is 2.70. The number of aromatic hydroxyl groups is 1. The van der Waals surface area contributed by atoms with Gasteiger partial charge in [0.25, 0.3) is 0 Å². The summed E-state index contributed by atoms with van der Waals surface area (Å²) >= 11 is 0. The summed E-state index contributed by atoms with van der Waals surface area (Å²) in [6, 6.07) is 11.5. The lowest BCUT2D eigenvalue weighted by Gasteiger charge is -2.06. The van der Waals surface area contributed by atoms with E-state index in [2.05, 4.69) is 0 Å². The average molecular weight is 231 g/mol. The molecule has 2 rings (SSSR count). The molecule has 0 amide bonds. The third-order valence-corrected chi connectivity index (χ3v) is 2.64. The van der Waals surface area contributed by atoms with Gasteiger partial charge in [0.2, 0.25) is 0 Å². The second-order valence-electron chi connectivity index (χ2n) is 3.90. The number of hydrogen-bond donors (Lipinski definition) is 2. The average Bonchev–Trinajstić information content (AvgIpc) is 2.33. The van der Waals surface area contributed by atoms with Crippen LogP contribution in [-0.4, -0.2) is 11.7 Å².